The molecule has 0 unspecified atom stereocenters. The Kier molecular flexibility index (Phi) is 9.97. The maximum atomic E-state index is 6.60. The Hall–Kier alpha value is -1.32. The van der Waals surface area contributed by atoms with Crippen molar-refractivity contribution in [2.75, 3.05) is 27.2 Å². The van der Waals surface area contributed by atoms with Crippen LogP contribution in [0.15, 0.2) is 54.1 Å². The van der Waals surface area contributed by atoms with Crippen molar-refractivity contribution in [2.45, 2.75) is 26.2 Å². The van der Waals surface area contributed by atoms with E-state index in [0.717, 1.165) is 31.4 Å². The molecule has 1 aliphatic carbocycles. The summed E-state index contributed by atoms with van der Waals surface area (Å²) in [5.41, 5.74) is 11.8. The van der Waals surface area contributed by atoms with E-state index in [9.17, 15) is 0 Å². The van der Waals surface area contributed by atoms with Crippen LogP contribution in [0, 0.1) is 6.92 Å². The largest absolute Gasteiger partial charge is 2.00 e. The molecule has 2 nitrogen and oxygen atoms in total. The summed E-state index contributed by atoms with van der Waals surface area (Å²) in [4.78, 5) is 2.21. The van der Waals surface area contributed by atoms with Gasteiger partial charge in [-0.3, -0.25) is 0 Å². The molecule has 0 aliphatic heterocycles. The molecular weight excluding hydrogens is 352 g/mol. The summed E-state index contributed by atoms with van der Waals surface area (Å²) >= 11 is 0. The Labute approximate surface area is 174 Å². The fourth-order valence-corrected chi connectivity index (χ4v) is 3.06. The Balaban J connectivity index is 0.000000501. The predicted molar refractivity (Wildman–Crippen MR) is 112 cm³/mol. The van der Waals surface area contributed by atoms with Gasteiger partial charge in [-0.25, -0.2) is 0 Å². The molecule has 0 amide bonds. The van der Waals surface area contributed by atoms with Gasteiger partial charge in [0.25, 0.3) is 0 Å². The first-order chi connectivity index (χ1) is 12.1. The normalized spacial score (nSPS) is 13.0. The van der Waals surface area contributed by atoms with E-state index >= 15 is 0 Å². The van der Waals surface area contributed by atoms with Gasteiger partial charge in [0.1, 0.15) is 0 Å². The van der Waals surface area contributed by atoms with E-state index in [1.54, 1.807) is 0 Å². The van der Waals surface area contributed by atoms with Crippen molar-refractivity contribution in [3.63, 3.8) is 0 Å². The Morgan fingerprint density at radius 3 is 2.46 bits per heavy atom. The molecule has 3 rings (SSSR count). The first kappa shape index (κ1) is 22.7. The summed E-state index contributed by atoms with van der Waals surface area (Å²) in [5.74, 6) is 0. The molecule has 2 aromatic rings. The third-order valence-electron chi connectivity index (χ3n) is 4.36. The van der Waals surface area contributed by atoms with Crippen LogP contribution in [0.5, 0.6) is 0 Å². The van der Waals surface area contributed by atoms with E-state index in [1.807, 2.05) is 0 Å². The van der Waals surface area contributed by atoms with Gasteiger partial charge >= 0.3 is 21.7 Å². The van der Waals surface area contributed by atoms with Crippen molar-refractivity contribution in [2.24, 2.45) is 0 Å². The topological polar surface area (TPSA) is 27.0 Å². The molecule has 1 N–H and O–H groups in total. The first-order valence-corrected chi connectivity index (χ1v) is 9.09. The molecule has 0 atom stereocenters. The molecule has 136 valence electrons. The molecule has 0 aromatic heterocycles. The second-order valence-corrected chi connectivity index (χ2v) is 6.81. The number of likely N-dealkylation sites (N-methyl/N-ethyl adjacent to an activating group) is 1. The molecule has 2 aromatic carbocycles. The fourth-order valence-electron chi connectivity index (χ4n) is 3.06. The number of benzene rings is 2. The Morgan fingerprint density at radius 2 is 1.85 bits per heavy atom. The molecule has 0 heterocycles. The summed E-state index contributed by atoms with van der Waals surface area (Å²) in [6.45, 7) is 7.99. The molecule has 0 radical (unpaired) electrons. The summed E-state index contributed by atoms with van der Waals surface area (Å²) < 4.78 is 0. The zero-order valence-electron chi connectivity index (χ0n) is 16.3. The van der Waals surface area contributed by atoms with E-state index in [2.05, 4.69) is 81.4 Å². The summed E-state index contributed by atoms with van der Waals surface area (Å²) in [6, 6.07) is 12.9. The van der Waals surface area contributed by atoms with Gasteiger partial charge in [-0.05, 0) is 26.1 Å². The average Bonchev–Trinajstić information content (AvgIpc) is 3.04. The van der Waals surface area contributed by atoms with Crippen LogP contribution in [0.25, 0.3) is 22.1 Å². The van der Waals surface area contributed by atoms with Gasteiger partial charge < -0.3 is 10.6 Å². The number of allylic oxidation sites excluding steroid dienone is 2. The first-order valence-electron chi connectivity index (χ1n) is 9.09. The van der Waals surface area contributed by atoms with Crippen molar-refractivity contribution in [3.05, 3.63) is 77.9 Å². The second kappa shape index (κ2) is 11.4. The van der Waals surface area contributed by atoms with Crippen LogP contribution >= 0.6 is 0 Å². The third kappa shape index (κ3) is 6.14. The molecule has 0 saturated heterocycles. The standard InChI is InChI=1S/C19H20N.C4H10N.Ti/c1-14-18-7-5-4-6-16(18)10-11-19(14)17-9-8-15(12-17)13-20(2)3;1-2-3-4-5;/h4-8,10-12H,1,9,13H2,2-3H3;5H,2-4H2,1H3;/q2*-1;+2. The minimum Gasteiger partial charge on any atom is -0.677 e. The van der Waals surface area contributed by atoms with E-state index in [-0.39, 0.29) is 21.7 Å². The van der Waals surface area contributed by atoms with Crippen molar-refractivity contribution in [3.8, 4) is 0 Å². The van der Waals surface area contributed by atoms with E-state index in [4.69, 9.17) is 5.73 Å². The van der Waals surface area contributed by atoms with Gasteiger partial charge in [-0.2, -0.15) is 19.0 Å². The number of fused-ring (bicyclic) bond motifs is 1. The Morgan fingerprint density at radius 1 is 1.12 bits per heavy atom. The fraction of sp³-hybridized carbons (Fsp3) is 0.348. The van der Waals surface area contributed by atoms with Crippen LogP contribution in [-0.2, 0) is 21.7 Å². The quantitative estimate of drug-likeness (QED) is 0.451. The van der Waals surface area contributed by atoms with Gasteiger partial charge in [0.15, 0.2) is 0 Å². The monoisotopic (exact) mass is 382 g/mol. The van der Waals surface area contributed by atoms with Gasteiger partial charge in [-0.1, -0.05) is 67.1 Å². The predicted octanol–water partition coefficient (Wildman–Crippen LogP) is 6.13. The Bertz CT molecular complexity index is 758. The van der Waals surface area contributed by atoms with Crippen LogP contribution in [-0.4, -0.2) is 32.1 Å². The molecule has 0 bridgehead atoms. The number of hydrogen-bond donors (Lipinski definition) is 0. The molecular formula is C23H30N2Ti. The molecule has 3 heteroatoms. The van der Waals surface area contributed by atoms with Crippen LogP contribution in [0.3, 0.4) is 0 Å². The van der Waals surface area contributed by atoms with E-state index in [1.165, 1.54) is 27.5 Å². The zero-order chi connectivity index (χ0) is 18.2. The van der Waals surface area contributed by atoms with Crippen LogP contribution in [0.4, 0.5) is 0 Å². The van der Waals surface area contributed by atoms with Crippen LogP contribution < -0.4 is 0 Å². The van der Waals surface area contributed by atoms with Crippen molar-refractivity contribution in [1.82, 2.24) is 4.90 Å². The zero-order valence-corrected chi connectivity index (χ0v) is 17.9. The van der Waals surface area contributed by atoms with Gasteiger partial charge in [-0.15, -0.1) is 23.1 Å². The SMILES string of the molecule is CCCC[NH-].[CH2-]c1c(C2=CC(CN(C)C)=CC2)ccc2ccccc12.[Ti+2]. The third-order valence-corrected chi connectivity index (χ3v) is 4.36. The van der Waals surface area contributed by atoms with Gasteiger partial charge in [0.05, 0.1) is 0 Å². The maximum Gasteiger partial charge on any atom is 2.00 e. The molecule has 0 saturated carbocycles. The summed E-state index contributed by atoms with van der Waals surface area (Å²) in [7, 11) is 4.21. The molecule has 1 aliphatic rings. The minimum absolute atomic E-state index is 0. The van der Waals surface area contributed by atoms with E-state index < -0.39 is 0 Å². The summed E-state index contributed by atoms with van der Waals surface area (Å²) in [5, 5.41) is 2.52. The van der Waals surface area contributed by atoms with Crippen molar-refractivity contribution in [1.29, 1.82) is 0 Å². The van der Waals surface area contributed by atoms with Crippen LogP contribution in [0.1, 0.15) is 37.3 Å². The molecule has 26 heavy (non-hydrogen) atoms. The molecule has 0 spiro atoms. The maximum absolute atomic E-state index is 6.60. The van der Waals surface area contributed by atoms with Gasteiger partial charge in [0, 0.05) is 6.54 Å². The van der Waals surface area contributed by atoms with Crippen molar-refractivity contribution >= 4 is 16.3 Å². The number of rotatable bonds is 5. The number of nitrogens with zero attached hydrogens (tertiary/aromatic N) is 1. The van der Waals surface area contributed by atoms with Crippen molar-refractivity contribution < 1.29 is 21.7 Å². The smallest absolute Gasteiger partial charge is 0.677 e. The average molecular weight is 382 g/mol. The number of unbranched alkanes of at least 4 members (excludes halogenated alkanes) is 1. The second-order valence-electron chi connectivity index (χ2n) is 6.81. The number of hydrogen-bond acceptors (Lipinski definition) is 1. The summed E-state index contributed by atoms with van der Waals surface area (Å²) in [6.07, 6.45) is 7.87. The number of nitrogens with one attached hydrogen (secondary N) is 1. The van der Waals surface area contributed by atoms with Gasteiger partial charge in [0.2, 0.25) is 0 Å². The molecule has 0 fully saturated rings. The van der Waals surface area contributed by atoms with Crippen LogP contribution in [0.2, 0.25) is 0 Å². The minimum atomic E-state index is 0. The van der Waals surface area contributed by atoms with E-state index in [0.29, 0.717) is 6.54 Å².